The van der Waals surface area contributed by atoms with Crippen LogP contribution in [0.2, 0.25) is 0 Å². The van der Waals surface area contributed by atoms with Crippen LogP contribution in [0.4, 0.5) is 0 Å². The van der Waals surface area contributed by atoms with Crippen LogP contribution in [0.25, 0.3) is 10.4 Å². The van der Waals surface area contributed by atoms with Gasteiger partial charge >= 0.3 is 0 Å². The Labute approximate surface area is 117 Å². The molecule has 0 radical (unpaired) electrons. The van der Waals surface area contributed by atoms with E-state index in [2.05, 4.69) is 15.3 Å². The summed E-state index contributed by atoms with van der Waals surface area (Å²) in [6.45, 7) is 0.983. The second-order valence-electron chi connectivity index (χ2n) is 3.99. The first kappa shape index (κ1) is 15.7. The molecule has 0 aliphatic carbocycles. The van der Waals surface area contributed by atoms with Gasteiger partial charge in [0.15, 0.2) is 11.5 Å². The fourth-order valence-corrected chi connectivity index (χ4v) is 1.63. The van der Waals surface area contributed by atoms with Crippen molar-refractivity contribution in [3.8, 4) is 11.5 Å². The maximum atomic E-state index is 11.9. The molecule has 0 aliphatic rings. The highest BCUT2D eigenvalue weighted by atomic mass is 16.5. The summed E-state index contributed by atoms with van der Waals surface area (Å²) < 4.78 is 10.3. The molecule has 108 valence electrons. The van der Waals surface area contributed by atoms with Crippen LogP contribution in [0.5, 0.6) is 11.5 Å². The second kappa shape index (κ2) is 8.66. The lowest BCUT2D eigenvalue weighted by atomic mass is 10.2. The first-order valence-corrected chi connectivity index (χ1v) is 6.24. The first-order valence-electron chi connectivity index (χ1n) is 6.24. The highest BCUT2D eigenvalue weighted by Gasteiger charge is 2.09. The standard InChI is InChI=1S/C13H18N4O3/c1-19-11-6-5-10(9-12(11)20-2)13(18)15-7-3-4-8-16-17-14/h5-6,9H,3-4,7-8H2,1-2H3,(H,15,18). The Balaban J connectivity index is 2.49. The third-order valence-corrected chi connectivity index (χ3v) is 2.68. The van der Waals surface area contributed by atoms with Gasteiger partial charge in [0.1, 0.15) is 0 Å². The van der Waals surface area contributed by atoms with Gasteiger partial charge in [-0.05, 0) is 36.6 Å². The summed E-state index contributed by atoms with van der Waals surface area (Å²) in [7, 11) is 3.07. The van der Waals surface area contributed by atoms with Crippen molar-refractivity contribution in [2.24, 2.45) is 5.11 Å². The van der Waals surface area contributed by atoms with E-state index in [9.17, 15) is 4.79 Å². The highest BCUT2D eigenvalue weighted by Crippen LogP contribution is 2.27. The van der Waals surface area contributed by atoms with Crippen molar-refractivity contribution >= 4 is 5.91 Å². The van der Waals surface area contributed by atoms with E-state index in [1.54, 1.807) is 25.3 Å². The van der Waals surface area contributed by atoms with Crippen molar-refractivity contribution < 1.29 is 14.3 Å². The molecule has 0 aromatic heterocycles. The molecule has 0 unspecified atom stereocenters. The Morgan fingerprint density at radius 3 is 2.70 bits per heavy atom. The molecule has 7 heteroatoms. The monoisotopic (exact) mass is 278 g/mol. The van der Waals surface area contributed by atoms with Gasteiger partial charge in [0.2, 0.25) is 0 Å². The van der Waals surface area contributed by atoms with Crippen LogP contribution in [-0.2, 0) is 0 Å². The zero-order valence-electron chi connectivity index (χ0n) is 11.6. The molecular formula is C13H18N4O3. The van der Waals surface area contributed by atoms with Crippen LogP contribution in [0, 0.1) is 0 Å². The number of unbranched alkanes of at least 4 members (excludes halogenated alkanes) is 1. The summed E-state index contributed by atoms with van der Waals surface area (Å²) in [5.74, 6) is 0.927. The van der Waals surface area contributed by atoms with Gasteiger partial charge in [-0.15, -0.1) is 0 Å². The van der Waals surface area contributed by atoms with Crippen LogP contribution in [-0.4, -0.2) is 33.2 Å². The Morgan fingerprint density at radius 1 is 1.30 bits per heavy atom. The molecule has 0 spiro atoms. The van der Waals surface area contributed by atoms with Crippen molar-refractivity contribution in [1.29, 1.82) is 0 Å². The van der Waals surface area contributed by atoms with Crippen LogP contribution in [0.1, 0.15) is 23.2 Å². The lowest BCUT2D eigenvalue weighted by Crippen LogP contribution is -2.24. The van der Waals surface area contributed by atoms with Gasteiger partial charge in [-0.2, -0.15) is 0 Å². The summed E-state index contributed by atoms with van der Waals surface area (Å²) in [5, 5.41) is 6.22. The van der Waals surface area contributed by atoms with Crippen molar-refractivity contribution in [2.45, 2.75) is 12.8 Å². The third-order valence-electron chi connectivity index (χ3n) is 2.68. The molecule has 1 aromatic rings. The summed E-state index contributed by atoms with van der Waals surface area (Å²) in [6.07, 6.45) is 1.51. The molecular weight excluding hydrogens is 260 g/mol. The second-order valence-corrected chi connectivity index (χ2v) is 3.99. The van der Waals surface area contributed by atoms with Crippen LogP contribution >= 0.6 is 0 Å². The smallest absolute Gasteiger partial charge is 0.251 e. The van der Waals surface area contributed by atoms with E-state index >= 15 is 0 Å². The fourth-order valence-electron chi connectivity index (χ4n) is 1.63. The van der Waals surface area contributed by atoms with Gasteiger partial charge < -0.3 is 14.8 Å². The minimum absolute atomic E-state index is 0.172. The van der Waals surface area contributed by atoms with E-state index in [-0.39, 0.29) is 5.91 Å². The van der Waals surface area contributed by atoms with Crippen LogP contribution < -0.4 is 14.8 Å². The van der Waals surface area contributed by atoms with E-state index in [1.165, 1.54) is 7.11 Å². The molecule has 0 atom stereocenters. The largest absolute Gasteiger partial charge is 0.493 e. The first-order chi connectivity index (χ1) is 9.72. The van der Waals surface area contributed by atoms with Crippen molar-refractivity contribution in [2.75, 3.05) is 27.3 Å². The summed E-state index contributed by atoms with van der Waals surface area (Å²) in [5.41, 5.74) is 8.63. The number of nitrogens with one attached hydrogen (secondary N) is 1. The molecule has 20 heavy (non-hydrogen) atoms. The van der Waals surface area contributed by atoms with Crippen LogP contribution in [0.15, 0.2) is 23.3 Å². The topological polar surface area (TPSA) is 96.3 Å². The Morgan fingerprint density at radius 2 is 2.05 bits per heavy atom. The SMILES string of the molecule is COc1ccc(C(=O)NCCCCN=[N+]=[N-])cc1OC. The lowest BCUT2D eigenvalue weighted by molar-refractivity contribution is 0.0952. The average molecular weight is 278 g/mol. The number of hydrogen-bond donors (Lipinski definition) is 1. The molecule has 0 heterocycles. The molecule has 0 saturated carbocycles. The molecule has 1 aromatic carbocycles. The number of carbonyl (C=O) groups excluding carboxylic acids is 1. The van der Waals surface area contributed by atoms with E-state index in [0.29, 0.717) is 30.2 Å². The Bertz CT molecular complexity index is 498. The molecule has 1 rings (SSSR count). The van der Waals surface area contributed by atoms with Crippen molar-refractivity contribution in [3.05, 3.63) is 34.2 Å². The lowest BCUT2D eigenvalue weighted by Gasteiger charge is -2.09. The minimum atomic E-state index is -0.172. The molecule has 7 nitrogen and oxygen atoms in total. The average Bonchev–Trinajstić information content (AvgIpc) is 2.49. The number of nitrogens with zero attached hydrogens (tertiary/aromatic N) is 3. The molecule has 1 N–H and O–H groups in total. The Kier molecular flexibility index (Phi) is 6.78. The number of hydrogen-bond acceptors (Lipinski definition) is 4. The summed E-state index contributed by atoms with van der Waals surface area (Å²) in [6, 6.07) is 5.00. The summed E-state index contributed by atoms with van der Waals surface area (Å²) >= 11 is 0. The van der Waals surface area contributed by atoms with Crippen molar-refractivity contribution in [3.63, 3.8) is 0 Å². The van der Waals surface area contributed by atoms with Gasteiger partial charge in [-0.3, -0.25) is 4.79 Å². The van der Waals surface area contributed by atoms with E-state index in [1.807, 2.05) is 0 Å². The number of azide groups is 1. The minimum Gasteiger partial charge on any atom is -0.493 e. The zero-order chi connectivity index (χ0) is 14.8. The number of rotatable bonds is 8. The number of amides is 1. The van der Waals surface area contributed by atoms with Gasteiger partial charge in [0.25, 0.3) is 5.91 Å². The van der Waals surface area contributed by atoms with Crippen molar-refractivity contribution in [1.82, 2.24) is 5.32 Å². The molecule has 0 aliphatic heterocycles. The fraction of sp³-hybridized carbons (Fsp3) is 0.462. The molecule has 0 bridgehead atoms. The predicted molar refractivity (Wildman–Crippen MR) is 75.1 cm³/mol. The van der Waals surface area contributed by atoms with Crippen LogP contribution in [0.3, 0.4) is 0 Å². The maximum Gasteiger partial charge on any atom is 0.251 e. The quantitative estimate of drug-likeness (QED) is 0.342. The van der Waals surface area contributed by atoms with E-state index in [0.717, 1.165) is 12.8 Å². The molecule has 1 amide bonds. The number of ether oxygens (including phenoxy) is 2. The normalized spacial score (nSPS) is 9.50. The molecule has 0 fully saturated rings. The number of benzene rings is 1. The molecule has 0 saturated heterocycles. The third kappa shape index (κ3) is 4.70. The number of methoxy groups -OCH3 is 2. The van der Waals surface area contributed by atoms with E-state index in [4.69, 9.17) is 15.0 Å². The van der Waals surface area contributed by atoms with Gasteiger partial charge in [0.05, 0.1) is 14.2 Å². The number of carbonyl (C=O) groups is 1. The Hall–Kier alpha value is -2.40. The van der Waals surface area contributed by atoms with Gasteiger partial charge in [0, 0.05) is 23.6 Å². The predicted octanol–water partition coefficient (Wildman–Crippen LogP) is 2.52. The highest BCUT2D eigenvalue weighted by molar-refractivity contribution is 5.94. The van der Waals surface area contributed by atoms with Gasteiger partial charge in [-0.1, -0.05) is 5.11 Å². The van der Waals surface area contributed by atoms with Gasteiger partial charge in [-0.25, -0.2) is 0 Å². The maximum absolute atomic E-state index is 11.9. The zero-order valence-corrected chi connectivity index (χ0v) is 11.6. The van der Waals surface area contributed by atoms with E-state index < -0.39 is 0 Å². The summed E-state index contributed by atoms with van der Waals surface area (Å²) in [4.78, 5) is 14.6.